The van der Waals surface area contributed by atoms with E-state index in [-0.39, 0.29) is 129 Å². The monoisotopic (exact) mass is 1990 g/mol. The number of hydrogen-bond donors (Lipinski definition) is 19. The van der Waals surface area contributed by atoms with E-state index < -0.39 is 199 Å². The average molecular weight is 1990 g/mol. The number of fused-ring (bicyclic) bond motifs is 4. The van der Waals surface area contributed by atoms with Crippen LogP contribution in [0.4, 0.5) is 0 Å². The van der Waals surface area contributed by atoms with Crippen molar-refractivity contribution in [3.05, 3.63) is 213 Å². The first kappa shape index (κ1) is 112. The Bertz CT molecular complexity index is 5390. The Kier molecular flexibility index (Phi) is 45.1. The topological polar surface area (TPSA) is 630 Å². The van der Waals surface area contributed by atoms with Crippen molar-refractivity contribution in [2.45, 2.75) is 260 Å². The number of unbranched alkanes of at least 4 members (excludes halogenated alkanes) is 6. The van der Waals surface area contributed by atoms with Crippen molar-refractivity contribution >= 4 is 100 Å². The zero-order chi connectivity index (χ0) is 104. The highest BCUT2D eigenvalue weighted by Gasteiger charge is 2.45. The van der Waals surface area contributed by atoms with Gasteiger partial charge < -0.3 is 124 Å². The van der Waals surface area contributed by atoms with E-state index in [1.54, 1.807) is 133 Å². The fraction of sp³-hybridized carbons (Fsp3) is 0.490. The lowest BCUT2D eigenvalue weighted by Gasteiger charge is -2.39. The molecule has 10 rings (SSSR count). The molecule has 0 aliphatic carbocycles. The highest BCUT2D eigenvalue weighted by molar-refractivity contribution is 6.01. The number of nitrogens with one attached hydrogen (secondary N) is 12. The van der Waals surface area contributed by atoms with Crippen LogP contribution in [0.25, 0.3) is 0 Å². The number of nitrogens with zero attached hydrogens (tertiary/aromatic N) is 4. The Morgan fingerprint density at radius 2 is 0.493 bits per heavy atom. The molecule has 0 unspecified atom stereocenters. The maximum Gasteiger partial charge on any atom is 0.246 e. The maximum absolute atomic E-state index is 15.7. The van der Waals surface area contributed by atoms with Gasteiger partial charge in [0.25, 0.3) is 0 Å². The van der Waals surface area contributed by atoms with E-state index in [0.29, 0.717) is 124 Å². The van der Waals surface area contributed by atoms with E-state index in [2.05, 4.69) is 63.8 Å². The first-order valence-corrected chi connectivity index (χ1v) is 50.1. The van der Waals surface area contributed by atoms with Crippen LogP contribution < -0.4 is 104 Å². The second kappa shape index (κ2) is 58.0. The first-order valence-electron chi connectivity index (χ1n) is 50.1. The molecule has 4 heterocycles. The minimum Gasteiger partial charge on any atom is -0.368 e. The van der Waals surface area contributed by atoms with Crippen LogP contribution in [0.1, 0.15) is 178 Å². The Hall–Kier alpha value is -13.9. The summed E-state index contributed by atoms with van der Waals surface area (Å²) in [6.07, 6.45) is 5.45. The zero-order valence-corrected chi connectivity index (χ0v) is 82.1. The van der Waals surface area contributed by atoms with Gasteiger partial charge >= 0.3 is 0 Å². The quantitative estimate of drug-likeness (QED) is 0.0202. The molecule has 4 aliphatic rings. The third-order valence-electron chi connectivity index (χ3n) is 26.4. The van der Waals surface area contributed by atoms with E-state index in [4.69, 9.17) is 40.1 Å². The highest BCUT2D eigenvalue weighted by atomic mass is 16.2. The molecule has 4 aliphatic heterocycles. The van der Waals surface area contributed by atoms with E-state index in [1.165, 1.54) is 26.5 Å². The predicted molar refractivity (Wildman–Crippen MR) is 538 cm³/mol. The number of rotatable bonds is 56. The molecule has 12 atom stereocenters. The van der Waals surface area contributed by atoms with E-state index in [0.717, 1.165) is 22.3 Å². The van der Waals surface area contributed by atoms with Gasteiger partial charge in [0.1, 0.15) is 72.5 Å². The van der Waals surface area contributed by atoms with Crippen molar-refractivity contribution in [3.8, 4) is 0 Å². The van der Waals surface area contributed by atoms with Crippen molar-refractivity contribution in [2.24, 2.45) is 40.1 Å². The van der Waals surface area contributed by atoms with Gasteiger partial charge in [-0.25, -0.2) is 0 Å². The van der Waals surface area contributed by atoms with Crippen LogP contribution in [0.15, 0.2) is 158 Å². The Balaban J connectivity index is 0.821. The predicted octanol–water partition coefficient (Wildman–Crippen LogP) is -1.09. The van der Waals surface area contributed by atoms with Gasteiger partial charge in [0.05, 0.1) is 26.2 Å². The average Bonchev–Trinajstić information content (AvgIpc) is 0.793. The van der Waals surface area contributed by atoms with Crippen LogP contribution in [0.2, 0.25) is 0 Å². The van der Waals surface area contributed by atoms with Gasteiger partial charge in [-0.05, 0) is 210 Å². The third kappa shape index (κ3) is 33.6. The van der Waals surface area contributed by atoms with E-state index in [9.17, 15) is 57.5 Å². The molecule has 776 valence electrons. The summed E-state index contributed by atoms with van der Waals surface area (Å²) in [7, 11) is 0. The molecule has 6 aromatic carbocycles. The number of benzene rings is 6. The summed E-state index contributed by atoms with van der Waals surface area (Å²) in [5.41, 5.74) is 48.1. The molecule has 0 saturated heterocycles. The maximum atomic E-state index is 15.7. The molecule has 0 saturated carbocycles. The summed E-state index contributed by atoms with van der Waals surface area (Å²) in [6, 6.07) is 31.3. The van der Waals surface area contributed by atoms with Crippen molar-refractivity contribution in [1.29, 1.82) is 0 Å². The fourth-order valence-corrected chi connectivity index (χ4v) is 18.5. The lowest BCUT2D eigenvalue weighted by Crippen LogP contribution is -2.61. The highest BCUT2D eigenvalue weighted by Crippen LogP contribution is 2.31. The zero-order valence-electron chi connectivity index (χ0n) is 82.1. The minimum atomic E-state index is -1.40. The molecule has 144 heavy (non-hydrogen) atoms. The van der Waals surface area contributed by atoms with Gasteiger partial charge in [-0.1, -0.05) is 158 Å². The number of carbonyl (C=O) groups is 17. The van der Waals surface area contributed by atoms with Crippen LogP contribution >= 0.6 is 0 Å². The molecule has 0 fully saturated rings. The number of primary amides is 1. The SMILES string of the molecule is CC(=O)NCC(=O)N[C@@H](Cc1ccccc1)C(=O)N1Cc2ccccc2C[C@H]1C(=O)NCC(=O)N[C@@H](CCCCN)C(=O)N1Cc2ccccc2C[C@H]1C(=O)NCC(=O)N[C@@H](Cc1ccccc1)C(=O)N1Cc2ccccc2C[C@H]1C(=O)NCC(=O)N[C@@H](CCCCN)C(=O)N1Cc2ccccc2C[C@H]1C(=O)N[C@@H](CCCCN)C(=O)N[C@@H](CCCCN)C(=O)N[C@@H](CCCCN)C(=O)N[C@@H](CCCCN)C(N)=O. The van der Waals surface area contributed by atoms with Gasteiger partial charge in [0.2, 0.25) is 100 Å². The van der Waals surface area contributed by atoms with Crippen LogP contribution in [-0.2, 0) is 146 Å². The van der Waals surface area contributed by atoms with Crippen LogP contribution in [0.3, 0.4) is 0 Å². The third-order valence-corrected chi connectivity index (χ3v) is 26.4. The molecule has 40 nitrogen and oxygen atoms in total. The molecule has 40 heteroatoms. The Labute approximate surface area is 839 Å². The van der Waals surface area contributed by atoms with Gasteiger partial charge in [-0.3, -0.25) is 81.5 Å². The molecular formula is C104H143N23O17. The second-order valence-corrected chi connectivity index (χ2v) is 37.1. The summed E-state index contributed by atoms with van der Waals surface area (Å²) < 4.78 is 0. The summed E-state index contributed by atoms with van der Waals surface area (Å²) >= 11 is 0. The van der Waals surface area contributed by atoms with Crippen molar-refractivity contribution < 1.29 is 81.5 Å². The molecule has 17 amide bonds. The number of carbonyl (C=O) groups excluding carboxylic acids is 17. The lowest BCUT2D eigenvalue weighted by atomic mass is 9.92. The molecule has 0 radical (unpaired) electrons. The van der Waals surface area contributed by atoms with Crippen LogP contribution in [0, 0.1) is 0 Å². The van der Waals surface area contributed by atoms with Gasteiger partial charge in [-0.15, -0.1) is 0 Å². The molecule has 6 aromatic rings. The van der Waals surface area contributed by atoms with Crippen molar-refractivity contribution in [1.82, 2.24) is 83.4 Å². The van der Waals surface area contributed by atoms with E-state index in [1.807, 2.05) is 24.3 Å². The van der Waals surface area contributed by atoms with Gasteiger partial charge in [-0.2, -0.15) is 0 Å². The summed E-state index contributed by atoms with van der Waals surface area (Å²) in [5.74, 6) is -12.1. The lowest BCUT2D eigenvalue weighted by molar-refractivity contribution is -0.146. The van der Waals surface area contributed by atoms with Gasteiger partial charge in [0.15, 0.2) is 0 Å². The number of hydrogen-bond acceptors (Lipinski definition) is 23. The minimum absolute atomic E-state index is 0.0210. The normalized spacial score (nSPS) is 16.7. The second-order valence-electron chi connectivity index (χ2n) is 37.1. The molecular weight excluding hydrogens is 1840 g/mol. The smallest absolute Gasteiger partial charge is 0.246 e. The van der Waals surface area contributed by atoms with Crippen molar-refractivity contribution in [3.63, 3.8) is 0 Å². The van der Waals surface area contributed by atoms with Crippen molar-refractivity contribution in [2.75, 3.05) is 65.4 Å². The molecule has 0 aromatic heterocycles. The molecule has 26 N–H and O–H groups in total. The van der Waals surface area contributed by atoms with Gasteiger partial charge in [0, 0.05) is 71.6 Å². The Morgan fingerprint density at radius 1 is 0.264 bits per heavy atom. The fourth-order valence-electron chi connectivity index (χ4n) is 18.5. The number of amides is 17. The van der Waals surface area contributed by atoms with E-state index >= 15 is 24.0 Å². The largest absolute Gasteiger partial charge is 0.368 e. The first-order chi connectivity index (χ1) is 69.5. The Morgan fingerprint density at radius 3 is 0.771 bits per heavy atom. The summed E-state index contributed by atoms with van der Waals surface area (Å²) in [6.45, 7) is -0.0440. The summed E-state index contributed by atoms with van der Waals surface area (Å²) in [4.78, 5) is 251. The summed E-state index contributed by atoms with van der Waals surface area (Å²) in [5, 5.41) is 32.9. The van der Waals surface area contributed by atoms with Crippen LogP contribution in [-0.4, -0.2) is 258 Å². The number of nitrogens with two attached hydrogens (primary N) is 7. The molecule has 0 bridgehead atoms. The standard InChI is InChI=1S/C104H143N23O17/c1-66(128)112-58-89(129)118-83(52-67-28-4-2-5-29-67)103(143)125-63-74-37-13-9-33-70(74)55-86(125)98(138)113-59-90(130)116-81(44-20-26-50-109)101(141)124-62-73-36-12-8-32-69(73)54-85(124)97(137)115-61-92(132)119-84(53-68-30-6-3-7-31-68)104(144)126-64-75-38-14-10-34-71(75)56-87(126)99(139)114-60-91(131)117-82(45-21-27-51-110)102(142)127-65-76-39-15-11-35-72(76)57-88(127)100(140)123-80(43-19-25-49-108)96(136)122-79(42-18-24-48-107)95(135)121-78(41-17-23-47-106)94(134)120-77(93(111)133)40-16-22-46-105/h2-15,28-39,77-88H,16-27,40-65,105-110H2,1H3,(H2,111,133)(H,112,128)(H,113,138)(H,114,139)(H,115,137)(H,116,130)(H,117,131)(H,118,129)(H,119,132)(H,120,134)(H,121,135)(H,122,136)(H,123,140)/t77-,78-,79-,80-,81-,82-,83-,84-,85-,86-,87-,88-/m0/s1. The molecule has 0 spiro atoms. The van der Waals surface area contributed by atoms with Crippen LogP contribution in [0.5, 0.6) is 0 Å².